The monoisotopic (exact) mass is 415 g/mol. The quantitative estimate of drug-likeness (QED) is 0.335. The van der Waals surface area contributed by atoms with Crippen molar-refractivity contribution in [2.45, 2.75) is 19.7 Å². The van der Waals surface area contributed by atoms with Gasteiger partial charge in [-0.25, -0.2) is 0 Å². The molecule has 4 rings (SSSR count). The maximum absolute atomic E-state index is 6.04. The summed E-state index contributed by atoms with van der Waals surface area (Å²) in [6.45, 7) is 0. The van der Waals surface area contributed by atoms with E-state index in [2.05, 4.69) is 60.1 Å². The highest BCUT2D eigenvalue weighted by molar-refractivity contribution is 8.02. The van der Waals surface area contributed by atoms with Crippen molar-refractivity contribution in [3.05, 3.63) is 82.8 Å². The van der Waals surface area contributed by atoms with Crippen molar-refractivity contribution in [1.82, 2.24) is 4.57 Å². The first kappa shape index (κ1) is 17.9. The summed E-state index contributed by atoms with van der Waals surface area (Å²) >= 11 is 15.6. The van der Waals surface area contributed by atoms with Crippen LogP contribution < -0.4 is 0 Å². The lowest BCUT2D eigenvalue weighted by Crippen LogP contribution is -1.90. The minimum atomic E-state index is 0.752. The molecule has 1 aromatic heterocycles. The molecule has 0 N–H and O–H groups in total. The van der Waals surface area contributed by atoms with E-state index in [0.717, 1.165) is 10.0 Å². The molecule has 0 atom stereocenters. The van der Waals surface area contributed by atoms with Gasteiger partial charge in [-0.05, 0) is 54.6 Å². The van der Waals surface area contributed by atoms with Crippen LogP contribution in [-0.2, 0) is 7.05 Å². The van der Waals surface area contributed by atoms with Gasteiger partial charge in [0.2, 0.25) is 0 Å². The maximum Gasteiger partial charge on any atom is 0.0947 e. The molecule has 130 valence electrons. The molecule has 0 aliphatic rings. The lowest BCUT2D eigenvalue weighted by Gasteiger charge is -2.08. The Bertz CT molecular complexity index is 1050. The SMILES string of the molecule is Cn1c(Sc2ccc(Cl)cc2)c(Sc2ccc(Cl)cc2)c2ccccc21. The van der Waals surface area contributed by atoms with Crippen molar-refractivity contribution in [3.63, 3.8) is 0 Å². The van der Waals surface area contributed by atoms with E-state index in [9.17, 15) is 0 Å². The lowest BCUT2D eigenvalue weighted by molar-refractivity contribution is 0.836. The second-order valence-corrected chi connectivity index (χ2v) is 8.84. The van der Waals surface area contributed by atoms with Crippen LogP contribution in [0, 0.1) is 0 Å². The highest BCUT2D eigenvalue weighted by Crippen LogP contribution is 2.44. The fourth-order valence-electron chi connectivity index (χ4n) is 2.78. The minimum absolute atomic E-state index is 0.752. The van der Waals surface area contributed by atoms with Crippen molar-refractivity contribution < 1.29 is 0 Å². The van der Waals surface area contributed by atoms with Crippen LogP contribution in [0.5, 0.6) is 0 Å². The van der Waals surface area contributed by atoms with Crippen molar-refractivity contribution in [2.24, 2.45) is 7.05 Å². The summed E-state index contributed by atoms with van der Waals surface area (Å²) in [5, 5.41) is 3.98. The van der Waals surface area contributed by atoms with Gasteiger partial charge in [-0.15, -0.1) is 0 Å². The van der Waals surface area contributed by atoms with E-state index in [1.165, 1.54) is 30.6 Å². The Labute approximate surface area is 171 Å². The van der Waals surface area contributed by atoms with Gasteiger partial charge in [-0.3, -0.25) is 0 Å². The number of aromatic nitrogens is 1. The van der Waals surface area contributed by atoms with Crippen LogP contribution in [-0.4, -0.2) is 4.57 Å². The molecule has 0 unspecified atom stereocenters. The summed E-state index contributed by atoms with van der Waals surface area (Å²) in [6.07, 6.45) is 0. The Morgan fingerprint density at radius 3 is 1.85 bits per heavy atom. The molecular weight excluding hydrogens is 401 g/mol. The van der Waals surface area contributed by atoms with Gasteiger partial charge >= 0.3 is 0 Å². The molecule has 5 heteroatoms. The number of nitrogens with zero attached hydrogens (tertiary/aromatic N) is 1. The second-order valence-electron chi connectivity index (χ2n) is 5.82. The first-order valence-corrected chi connectivity index (χ1v) is 10.4. The molecule has 3 aromatic carbocycles. The third kappa shape index (κ3) is 3.63. The number of rotatable bonds is 4. The Balaban J connectivity index is 1.80. The average Bonchev–Trinajstić information content (AvgIpc) is 2.91. The lowest BCUT2D eigenvalue weighted by atomic mass is 10.2. The molecule has 4 aromatic rings. The standard InChI is InChI=1S/C21H15Cl2NS2/c1-24-19-5-3-2-4-18(19)20(25-16-10-6-14(22)7-11-16)21(24)26-17-12-8-15(23)9-13-17/h2-13H,1H3. The van der Waals surface area contributed by atoms with E-state index >= 15 is 0 Å². The molecule has 0 amide bonds. The van der Waals surface area contributed by atoms with E-state index in [0.29, 0.717) is 0 Å². The average molecular weight is 416 g/mol. The smallest absolute Gasteiger partial charge is 0.0947 e. The van der Waals surface area contributed by atoms with Crippen LogP contribution >= 0.6 is 46.7 Å². The molecular formula is C21H15Cl2NS2. The number of halogens is 2. The van der Waals surface area contributed by atoms with Crippen LogP contribution in [0.25, 0.3) is 10.9 Å². The van der Waals surface area contributed by atoms with Gasteiger partial charge in [0.1, 0.15) is 0 Å². The van der Waals surface area contributed by atoms with Crippen molar-refractivity contribution >= 4 is 57.6 Å². The maximum atomic E-state index is 6.04. The van der Waals surface area contributed by atoms with Gasteiger partial charge in [-0.1, -0.05) is 64.9 Å². The number of hydrogen-bond donors (Lipinski definition) is 0. The van der Waals surface area contributed by atoms with E-state index in [1.54, 1.807) is 23.5 Å². The number of hydrogen-bond acceptors (Lipinski definition) is 2. The van der Waals surface area contributed by atoms with Gasteiger partial charge in [0.15, 0.2) is 0 Å². The van der Waals surface area contributed by atoms with Crippen LogP contribution in [0.3, 0.4) is 0 Å². The molecule has 0 bridgehead atoms. The zero-order chi connectivity index (χ0) is 18.1. The molecule has 0 spiro atoms. The second kappa shape index (κ2) is 7.61. The fourth-order valence-corrected chi connectivity index (χ4v) is 5.23. The Hall–Kier alpha value is -1.52. The number of benzene rings is 3. The van der Waals surface area contributed by atoms with Gasteiger partial charge in [0.05, 0.1) is 9.92 Å². The first-order valence-electron chi connectivity index (χ1n) is 8.06. The molecule has 0 aliphatic heterocycles. The third-order valence-corrected chi connectivity index (χ3v) is 7.01. The summed E-state index contributed by atoms with van der Waals surface area (Å²) in [7, 11) is 2.12. The molecule has 0 saturated carbocycles. The molecule has 0 fully saturated rings. The Kier molecular flexibility index (Phi) is 5.23. The van der Waals surface area contributed by atoms with Crippen molar-refractivity contribution in [1.29, 1.82) is 0 Å². The van der Waals surface area contributed by atoms with Crippen molar-refractivity contribution in [2.75, 3.05) is 0 Å². The Morgan fingerprint density at radius 2 is 1.23 bits per heavy atom. The van der Waals surface area contributed by atoms with Crippen LogP contribution in [0.4, 0.5) is 0 Å². The number of aryl methyl sites for hydroxylation is 1. The van der Waals surface area contributed by atoms with E-state index in [1.807, 2.05) is 24.3 Å². The van der Waals surface area contributed by atoms with E-state index in [4.69, 9.17) is 23.2 Å². The predicted octanol–water partition coefficient (Wildman–Crippen LogP) is 7.79. The van der Waals surface area contributed by atoms with Gasteiger partial charge < -0.3 is 4.57 Å². The zero-order valence-electron chi connectivity index (χ0n) is 13.9. The van der Waals surface area contributed by atoms with Crippen molar-refractivity contribution in [3.8, 4) is 0 Å². The predicted molar refractivity (Wildman–Crippen MR) is 114 cm³/mol. The highest BCUT2D eigenvalue weighted by atomic mass is 35.5. The normalized spacial score (nSPS) is 11.2. The van der Waals surface area contributed by atoms with Gasteiger partial charge in [-0.2, -0.15) is 0 Å². The minimum Gasteiger partial charge on any atom is -0.338 e. The summed E-state index contributed by atoms with van der Waals surface area (Å²) in [5.74, 6) is 0. The summed E-state index contributed by atoms with van der Waals surface area (Å²) in [6, 6.07) is 24.5. The van der Waals surface area contributed by atoms with E-state index < -0.39 is 0 Å². The number of fused-ring (bicyclic) bond motifs is 1. The largest absolute Gasteiger partial charge is 0.338 e. The molecule has 0 radical (unpaired) electrons. The first-order chi connectivity index (χ1) is 12.6. The Morgan fingerprint density at radius 1 is 0.692 bits per heavy atom. The zero-order valence-corrected chi connectivity index (χ0v) is 17.1. The fraction of sp³-hybridized carbons (Fsp3) is 0.0476. The van der Waals surface area contributed by atoms with Crippen LogP contribution in [0.2, 0.25) is 10.0 Å². The molecule has 1 heterocycles. The van der Waals surface area contributed by atoms with Gasteiger partial charge in [0, 0.05) is 37.8 Å². The summed E-state index contributed by atoms with van der Waals surface area (Å²) < 4.78 is 2.26. The summed E-state index contributed by atoms with van der Waals surface area (Å²) in [4.78, 5) is 3.59. The van der Waals surface area contributed by atoms with Crippen LogP contribution in [0.1, 0.15) is 0 Å². The molecule has 0 aliphatic carbocycles. The topological polar surface area (TPSA) is 4.93 Å². The third-order valence-electron chi connectivity index (χ3n) is 4.07. The highest BCUT2D eigenvalue weighted by Gasteiger charge is 2.17. The molecule has 1 nitrogen and oxygen atoms in total. The number of para-hydroxylation sites is 1. The van der Waals surface area contributed by atoms with Gasteiger partial charge in [0.25, 0.3) is 0 Å². The molecule has 26 heavy (non-hydrogen) atoms. The van der Waals surface area contributed by atoms with E-state index in [-0.39, 0.29) is 0 Å². The van der Waals surface area contributed by atoms with Crippen LogP contribution in [0.15, 0.2) is 92.5 Å². The summed E-state index contributed by atoms with van der Waals surface area (Å²) in [5.41, 5.74) is 1.22. The molecule has 0 saturated heterocycles.